The molecule has 8 nitrogen and oxygen atoms in total. The molecule has 3 aromatic rings. The van der Waals surface area contributed by atoms with E-state index in [0.717, 1.165) is 5.56 Å². The van der Waals surface area contributed by atoms with Crippen LogP contribution in [-0.4, -0.2) is 38.9 Å². The number of halogens is 3. The van der Waals surface area contributed by atoms with Crippen molar-refractivity contribution in [3.05, 3.63) is 79.2 Å². The number of methoxy groups -OCH3 is 2. The molecule has 0 atom stereocenters. The number of ether oxygens (including phenoxy) is 3. The van der Waals surface area contributed by atoms with Crippen LogP contribution in [0.5, 0.6) is 17.2 Å². The van der Waals surface area contributed by atoms with Crippen LogP contribution in [0.3, 0.4) is 0 Å². The lowest BCUT2D eigenvalue weighted by Gasteiger charge is -2.12. The fraction of sp³-hybridized carbons (Fsp3) is 0.160. The van der Waals surface area contributed by atoms with Crippen LogP contribution in [0, 0.1) is 6.92 Å². The molecule has 0 spiro atoms. The summed E-state index contributed by atoms with van der Waals surface area (Å²) in [5, 5.41) is 7.32. The lowest BCUT2D eigenvalue weighted by Crippen LogP contribution is -2.20. The van der Waals surface area contributed by atoms with E-state index in [4.69, 9.17) is 25.8 Å². The van der Waals surface area contributed by atoms with Gasteiger partial charge in [-0.25, -0.2) is 5.43 Å². The van der Waals surface area contributed by atoms with Crippen molar-refractivity contribution in [2.75, 3.05) is 26.1 Å². The van der Waals surface area contributed by atoms with Gasteiger partial charge >= 0.3 is 0 Å². The Morgan fingerprint density at radius 2 is 1.69 bits per heavy atom. The fourth-order valence-electron chi connectivity index (χ4n) is 3.00. The van der Waals surface area contributed by atoms with E-state index in [1.54, 1.807) is 42.5 Å². The molecule has 2 amide bonds. The molecule has 0 heterocycles. The minimum Gasteiger partial charge on any atom is -0.493 e. The number of carbonyl (C=O) groups is 2. The maximum Gasteiger partial charge on any atom is 0.271 e. The van der Waals surface area contributed by atoms with Crippen molar-refractivity contribution in [1.29, 1.82) is 0 Å². The maximum atomic E-state index is 12.4. The molecule has 0 aliphatic carbocycles. The SMILES string of the molecule is COc1ccc(C(=O)N/N=C/c2cc(Br)c(OCC(=O)Nc3ccc(C)c(Cl)c3)c(Br)c2)cc1OC. The number of hydrazone groups is 1. The van der Waals surface area contributed by atoms with Crippen LogP contribution in [0.4, 0.5) is 5.69 Å². The summed E-state index contributed by atoms with van der Waals surface area (Å²) in [6, 6.07) is 13.6. The van der Waals surface area contributed by atoms with E-state index in [0.29, 0.717) is 48.0 Å². The second-order valence-corrected chi connectivity index (χ2v) is 9.50. The van der Waals surface area contributed by atoms with Gasteiger partial charge in [-0.1, -0.05) is 17.7 Å². The average Bonchev–Trinajstić information content (AvgIpc) is 2.85. The van der Waals surface area contributed by atoms with Gasteiger partial charge in [0.2, 0.25) is 0 Å². The highest BCUT2D eigenvalue weighted by molar-refractivity contribution is 9.11. The van der Waals surface area contributed by atoms with E-state index in [1.165, 1.54) is 20.4 Å². The molecule has 0 aliphatic heterocycles. The molecule has 36 heavy (non-hydrogen) atoms. The summed E-state index contributed by atoms with van der Waals surface area (Å²) < 4.78 is 17.3. The normalized spacial score (nSPS) is 10.7. The van der Waals surface area contributed by atoms with E-state index in [1.807, 2.05) is 13.0 Å². The van der Waals surface area contributed by atoms with Crippen molar-refractivity contribution in [2.45, 2.75) is 6.92 Å². The minimum atomic E-state index is -0.411. The van der Waals surface area contributed by atoms with Gasteiger partial charge in [0, 0.05) is 16.3 Å². The lowest BCUT2D eigenvalue weighted by atomic mass is 10.2. The van der Waals surface area contributed by atoms with E-state index >= 15 is 0 Å². The van der Waals surface area contributed by atoms with Crippen LogP contribution in [0.1, 0.15) is 21.5 Å². The van der Waals surface area contributed by atoms with Gasteiger partial charge in [0.1, 0.15) is 5.75 Å². The topological polar surface area (TPSA) is 98.3 Å². The highest BCUT2D eigenvalue weighted by atomic mass is 79.9. The zero-order chi connectivity index (χ0) is 26.2. The molecule has 188 valence electrons. The van der Waals surface area contributed by atoms with Gasteiger partial charge in [-0.2, -0.15) is 5.10 Å². The second-order valence-electron chi connectivity index (χ2n) is 7.38. The largest absolute Gasteiger partial charge is 0.493 e. The van der Waals surface area contributed by atoms with Crippen LogP contribution in [-0.2, 0) is 4.79 Å². The van der Waals surface area contributed by atoms with Crippen LogP contribution in [0.25, 0.3) is 0 Å². The van der Waals surface area contributed by atoms with Crippen LogP contribution in [0.2, 0.25) is 5.02 Å². The van der Waals surface area contributed by atoms with Crippen molar-refractivity contribution in [3.8, 4) is 17.2 Å². The standard InChI is InChI=1S/C25H22Br2ClN3O5/c1-14-4-6-17(11-20(14)28)30-23(32)13-36-24-18(26)8-15(9-19(24)27)12-29-31-25(33)16-5-7-21(34-2)22(10-16)35-3/h4-12H,13H2,1-3H3,(H,30,32)(H,31,33)/b29-12+. The predicted molar refractivity (Wildman–Crippen MR) is 147 cm³/mol. The Balaban J connectivity index is 1.59. The number of carbonyl (C=O) groups excluding carboxylic acids is 2. The Labute approximate surface area is 230 Å². The number of nitrogens with one attached hydrogen (secondary N) is 2. The van der Waals surface area contributed by atoms with Crippen LogP contribution >= 0.6 is 43.5 Å². The number of benzene rings is 3. The van der Waals surface area contributed by atoms with Gasteiger partial charge in [0.25, 0.3) is 11.8 Å². The molecule has 11 heteroatoms. The van der Waals surface area contributed by atoms with Crippen molar-refractivity contribution >= 4 is 67.2 Å². The summed E-state index contributed by atoms with van der Waals surface area (Å²) in [7, 11) is 3.01. The summed E-state index contributed by atoms with van der Waals surface area (Å²) in [6.45, 7) is 1.67. The first-order valence-corrected chi connectivity index (χ1v) is 12.4. The number of rotatable bonds is 9. The average molecular weight is 640 g/mol. The smallest absolute Gasteiger partial charge is 0.271 e. The minimum absolute atomic E-state index is 0.211. The molecule has 3 rings (SSSR count). The number of anilines is 1. The molecule has 0 saturated heterocycles. The summed E-state index contributed by atoms with van der Waals surface area (Å²) in [5.74, 6) is 0.655. The molecule has 3 aromatic carbocycles. The van der Waals surface area contributed by atoms with Crippen molar-refractivity contribution in [1.82, 2.24) is 5.43 Å². The van der Waals surface area contributed by atoms with Gasteiger partial charge in [-0.05, 0) is 92.4 Å². The third-order valence-electron chi connectivity index (χ3n) is 4.85. The quantitative estimate of drug-likeness (QED) is 0.222. The molecule has 0 bridgehead atoms. The Bertz CT molecular complexity index is 1290. The molecule has 0 fully saturated rings. The van der Waals surface area contributed by atoms with E-state index in [2.05, 4.69) is 47.7 Å². The van der Waals surface area contributed by atoms with Crippen LogP contribution in [0.15, 0.2) is 62.6 Å². The summed E-state index contributed by atoms with van der Waals surface area (Å²) in [6.07, 6.45) is 1.48. The Morgan fingerprint density at radius 3 is 2.33 bits per heavy atom. The first-order valence-electron chi connectivity index (χ1n) is 10.4. The molecule has 0 aromatic heterocycles. The van der Waals surface area contributed by atoms with E-state index in [-0.39, 0.29) is 12.5 Å². The number of nitrogens with zero attached hydrogens (tertiary/aromatic N) is 1. The van der Waals surface area contributed by atoms with Gasteiger partial charge in [-0.15, -0.1) is 0 Å². The Hall–Kier alpha value is -3.08. The molecule has 0 saturated carbocycles. The summed E-state index contributed by atoms with van der Waals surface area (Å²) >= 11 is 13.0. The van der Waals surface area contributed by atoms with Crippen molar-refractivity contribution in [3.63, 3.8) is 0 Å². The number of aryl methyl sites for hydroxylation is 1. The molecule has 2 N–H and O–H groups in total. The maximum absolute atomic E-state index is 12.4. The van der Waals surface area contributed by atoms with Gasteiger partial charge in [-0.3, -0.25) is 9.59 Å². The Kier molecular flexibility index (Phi) is 9.74. The lowest BCUT2D eigenvalue weighted by molar-refractivity contribution is -0.118. The summed E-state index contributed by atoms with van der Waals surface area (Å²) in [4.78, 5) is 24.7. The Morgan fingerprint density at radius 1 is 1.00 bits per heavy atom. The van der Waals surface area contributed by atoms with E-state index in [9.17, 15) is 9.59 Å². The first kappa shape index (κ1) is 27.5. The van der Waals surface area contributed by atoms with Gasteiger partial charge in [0.05, 0.1) is 29.4 Å². The fourth-order valence-corrected chi connectivity index (χ4v) is 4.64. The summed E-state index contributed by atoms with van der Waals surface area (Å²) in [5.41, 5.74) is 5.01. The highest BCUT2D eigenvalue weighted by Gasteiger charge is 2.13. The van der Waals surface area contributed by atoms with Crippen molar-refractivity contribution < 1.29 is 23.8 Å². The zero-order valence-electron chi connectivity index (χ0n) is 19.5. The zero-order valence-corrected chi connectivity index (χ0v) is 23.5. The second kappa shape index (κ2) is 12.8. The van der Waals surface area contributed by atoms with Gasteiger partial charge < -0.3 is 19.5 Å². The molecule has 0 aliphatic rings. The molecule has 0 radical (unpaired) electrons. The highest BCUT2D eigenvalue weighted by Crippen LogP contribution is 2.34. The third-order valence-corrected chi connectivity index (χ3v) is 6.43. The van der Waals surface area contributed by atoms with Crippen LogP contribution < -0.4 is 25.0 Å². The number of hydrogen-bond acceptors (Lipinski definition) is 6. The first-order chi connectivity index (χ1) is 17.2. The van der Waals surface area contributed by atoms with Gasteiger partial charge in [0.15, 0.2) is 18.1 Å². The van der Waals surface area contributed by atoms with Crippen molar-refractivity contribution in [2.24, 2.45) is 5.10 Å². The molecular weight excluding hydrogens is 618 g/mol. The third kappa shape index (κ3) is 7.22. The monoisotopic (exact) mass is 637 g/mol. The number of amides is 2. The van der Waals surface area contributed by atoms with E-state index < -0.39 is 5.91 Å². The predicted octanol–water partition coefficient (Wildman–Crippen LogP) is 5.97. The molecular formula is C25H22Br2ClN3O5. The molecule has 0 unspecified atom stereocenters. The number of hydrogen-bond donors (Lipinski definition) is 2.